The lowest BCUT2D eigenvalue weighted by Gasteiger charge is -2.06. The molecule has 0 aromatic rings. The van der Waals surface area contributed by atoms with Crippen LogP contribution in [0.2, 0.25) is 0 Å². The zero-order chi connectivity index (χ0) is 9.28. The van der Waals surface area contributed by atoms with Crippen LogP contribution in [0.3, 0.4) is 0 Å². The van der Waals surface area contributed by atoms with E-state index >= 15 is 0 Å². The first-order chi connectivity index (χ1) is 5.16. The first-order valence-electron chi connectivity index (χ1n) is 4.43. The molecule has 1 N–H and O–H groups in total. The third-order valence-electron chi connectivity index (χ3n) is 1.12. The third-order valence-corrected chi connectivity index (χ3v) is 1.12. The fourth-order valence-corrected chi connectivity index (χ4v) is 0.331. The van der Waals surface area contributed by atoms with Gasteiger partial charge in [0.15, 0.2) is 0 Å². The van der Waals surface area contributed by atoms with Crippen molar-refractivity contribution in [1.82, 2.24) is 5.43 Å². The van der Waals surface area contributed by atoms with E-state index in [4.69, 9.17) is 0 Å². The minimum Gasteiger partial charge on any atom is -0.307 e. The fraction of sp³-hybridized carbons (Fsp3) is 0.889. The van der Waals surface area contributed by atoms with Crippen LogP contribution < -0.4 is 5.43 Å². The van der Waals surface area contributed by atoms with Crippen molar-refractivity contribution in [2.24, 2.45) is 5.10 Å². The van der Waals surface area contributed by atoms with Gasteiger partial charge in [-0.3, -0.25) is 0 Å². The van der Waals surface area contributed by atoms with Gasteiger partial charge in [0.05, 0.1) is 0 Å². The van der Waals surface area contributed by atoms with E-state index in [0.717, 1.165) is 12.1 Å². The maximum absolute atomic E-state index is 4.06. The van der Waals surface area contributed by atoms with Gasteiger partial charge in [0.1, 0.15) is 0 Å². The van der Waals surface area contributed by atoms with Gasteiger partial charge in [-0.25, -0.2) is 0 Å². The molecule has 1 unspecified atom stereocenters. The second-order valence-corrected chi connectivity index (χ2v) is 2.50. The molecule has 0 bridgehead atoms. The predicted octanol–water partition coefficient (Wildman–Crippen LogP) is 2.80. The molecular formula is C9H22N2. The highest BCUT2D eigenvalue weighted by atomic mass is 15.3. The minimum absolute atomic E-state index is 0.500. The molecule has 2 nitrogen and oxygen atoms in total. The molecule has 0 rings (SSSR count). The second kappa shape index (κ2) is 9.47. The van der Waals surface area contributed by atoms with Crippen molar-refractivity contribution in [1.29, 1.82) is 0 Å². The van der Waals surface area contributed by atoms with Gasteiger partial charge in [0, 0.05) is 11.8 Å². The van der Waals surface area contributed by atoms with Crippen molar-refractivity contribution in [3.05, 3.63) is 0 Å². The number of hydrogen-bond donors (Lipinski definition) is 1. The van der Waals surface area contributed by atoms with Crippen LogP contribution in [0.15, 0.2) is 5.10 Å². The summed E-state index contributed by atoms with van der Waals surface area (Å²) in [6.07, 6.45) is 1.12. The number of hydrazone groups is 1. The van der Waals surface area contributed by atoms with Crippen LogP contribution in [0.5, 0.6) is 0 Å². The lowest BCUT2D eigenvalue weighted by atomic mass is 10.3. The Labute approximate surface area is 71.1 Å². The molecule has 0 aromatic carbocycles. The molecule has 0 fully saturated rings. The van der Waals surface area contributed by atoms with E-state index in [-0.39, 0.29) is 0 Å². The monoisotopic (exact) mass is 158 g/mol. The van der Waals surface area contributed by atoms with Gasteiger partial charge in [-0.2, -0.15) is 5.10 Å². The van der Waals surface area contributed by atoms with Crippen molar-refractivity contribution in [3.8, 4) is 0 Å². The van der Waals surface area contributed by atoms with E-state index in [2.05, 4.69) is 24.4 Å². The average Bonchev–Trinajstić information content (AvgIpc) is 2.04. The van der Waals surface area contributed by atoms with Gasteiger partial charge >= 0.3 is 0 Å². The van der Waals surface area contributed by atoms with Crippen molar-refractivity contribution in [2.75, 3.05) is 0 Å². The molecule has 0 radical (unpaired) electrons. The van der Waals surface area contributed by atoms with Crippen molar-refractivity contribution in [3.63, 3.8) is 0 Å². The van der Waals surface area contributed by atoms with Gasteiger partial charge in [-0.05, 0) is 27.2 Å². The Morgan fingerprint density at radius 2 is 1.82 bits per heavy atom. The van der Waals surface area contributed by atoms with E-state index in [0.29, 0.717) is 6.04 Å². The molecule has 11 heavy (non-hydrogen) atoms. The fourth-order valence-electron chi connectivity index (χ4n) is 0.331. The van der Waals surface area contributed by atoms with Crippen LogP contribution in [0, 0.1) is 0 Å². The molecular weight excluding hydrogens is 136 g/mol. The summed E-state index contributed by atoms with van der Waals surface area (Å²) < 4.78 is 0. The summed E-state index contributed by atoms with van der Waals surface area (Å²) in [5, 5.41) is 4.06. The smallest absolute Gasteiger partial charge is 0.0409 e. The zero-order valence-electron chi connectivity index (χ0n) is 8.73. The van der Waals surface area contributed by atoms with Crippen LogP contribution in [0.4, 0.5) is 0 Å². The summed E-state index contributed by atoms with van der Waals surface area (Å²) in [4.78, 5) is 0. The topological polar surface area (TPSA) is 24.4 Å². The predicted molar refractivity (Wildman–Crippen MR) is 53.0 cm³/mol. The third kappa shape index (κ3) is 12.6. The van der Waals surface area contributed by atoms with Crippen LogP contribution in [-0.2, 0) is 0 Å². The van der Waals surface area contributed by atoms with Gasteiger partial charge in [-0.15, -0.1) is 0 Å². The molecule has 0 aliphatic carbocycles. The van der Waals surface area contributed by atoms with Crippen LogP contribution in [0.25, 0.3) is 0 Å². The molecule has 0 amide bonds. The molecule has 2 heteroatoms. The average molecular weight is 158 g/mol. The normalized spacial score (nSPS) is 10.7. The van der Waals surface area contributed by atoms with Crippen LogP contribution in [-0.4, -0.2) is 11.8 Å². The Morgan fingerprint density at radius 1 is 1.36 bits per heavy atom. The van der Waals surface area contributed by atoms with Gasteiger partial charge in [0.25, 0.3) is 0 Å². The van der Waals surface area contributed by atoms with Crippen LogP contribution >= 0.6 is 0 Å². The number of hydrogen-bond acceptors (Lipinski definition) is 2. The summed E-state index contributed by atoms with van der Waals surface area (Å²) in [6.45, 7) is 12.2. The molecule has 68 valence electrons. The molecule has 0 aromatic heterocycles. The van der Waals surface area contributed by atoms with E-state index in [1.165, 1.54) is 0 Å². The number of nitrogens with one attached hydrogen (secondary N) is 1. The van der Waals surface area contributed by atoms with Crippen molar-refractivity contribution < 1.29 is 0 Å². The maximum atomic E-state index is 4.06. The summed E-state index contributed by atoms with van der Waals surface area (Å²) in [5.41, 5.74) is 4.10. The highest BCUT2D eigenvalue weighted by Gasteiger charge is 1.91. The zero-order valence-corrected chi connectivity index (χ0v) is 8.73. The lowest BCUT2D eigenvalue weighted by molar-refractivity contribution is 0.557. The molecule has 0 spiro atoms. The molecule has 0 aliphatic rings. The molecule has 0 saturated heterocycles. The first kappa shape index (κ1) is 13.1. The largest absolute Gasteiger partial charge is 0.307 e. The van der Waals surface area contributed by atoms with Gasteiger partial charge in [0.2, 0.25) is 0 Å². The Morgan fingerprint density at radius 3 is 2.09 bits per heavy atom. The SMILES string of the molecule is CC.CCC(C)NN=C(C)C. The summed E-state index contributed by atoms with van der Waals surface area (Å²) in [7, 11) is 0. The standard InChI is InChI=1S/C7H16N2.C2H6/c1-5-7(4)9-8-6(2)3;1-2/h7,9H,5H2,1-4H3;1-2H3. The van der Waals surface area contributed by atoms with E-state index < -0.39 is 0 Å². The van der Waals surface area contributed by atoms with Crippen molar-refractivity contribution >= 4 is 5.71 Å². The maximum Gasteiger partial charge on any atom is 0.0409 e. The highest BCUT2D eigenvalue weighted by Crippen LogP contribution is 1.86. The van der Waals surface area contributed by atoms with Gasteiger partial charge < -0.3 is 5.43 Å². The molecule has 1 atom stereocenters. The van der Waals surface area contributed by atoms with Crippen LogP contribution in [0.1, 0.15) is 48.0 Å². The number of nitrogens with zero attached hydrogens (tertiary/aromatic N) is 1. The highest BCUT2D eigenvalue weighted by molar-refractivity contribution is 5.78. The second-order valence-electron chi connectivity index (χ2n) is 2.50. The molecule has 0 heterocycles. The van der Waals surface area contributed by atoms with E-state index in [1.807, 2.05) is 27.7 Å². The Balaban J connectivity index is 0. The quantitative estimate of drug-likeness (QED) is 0.495. The Bertz CT molecular complexity index is 93.7. The summed E-state index contributed by atoms with van der Waals surface area (Å²) in [6, 6.07) is 0.500. The summed E-state index contributed by atoms with van der Waals surface area (Å²) in [5.74, 6) is 0. The molecule has 0 aliphatic heterocycles. The Hall–Kier alpha value is -0.530. The molecule has 0 saturated carbocycles. The minimum atomic E-state index is 0.500. The lowest BCUT2D eigenvalue weighted by Crippen LogP contribution is -2.19. The Kier molecular flexibility index (Phi) is 11.3. The van der Waals surface area contributed by atoms with Crippen molar-refractivity contribution in [2.45, 2.75) is 54.0 Å². The first-order valence-corrected chi connectivity index (χ1v) is 4.43. The number of rotatable bonds is 3. The van der Waals surface area contributed by atoms with Gasteiger partial charge in [-0.1, -0.05) is 20.8 Å². The van der Waals surface area contributed by atoms with E-state index in [1.54, 1.807) is 0 Å². The van der Waals surface area contributed by atoms with E-state index in [9.17, 15) is 0 Å². The summed E-state index contributed by atoms with van der Waals surface area (Å²) >= 11 is 0.